The van der Waals surface area contributed by atoms with Crippen LogP contribution in [0.5, 0.6) is 0 Å². The van der Waals surface area contributed by atoms with E-state index in [-0.39, 0.29) is 24.8 Å². The van der Waals surface area contributed by atoms with Crippen LogP contribution >= 0.6 is 0 Å². The van der Waals surface area contributed by atoms with Gasteiger partial charge in [-0.3, -0.25) is 9.78 Å². The number of oxazole rings is 1. The SMILES string of the molecule is O=C(Cn1c(-c2ncco2)cc2cc(F)ccc21)NCc1ccc(-c2ccc(S3(=O)=NCCC3)cc2)cn1. The Morgan fingerprint density at radius 2 is 1.89 bits per heavy atom. The Morgan fingerprint density at radius 3 is 2.61 bits per heavy atom. The van der Waals surface area contributed by atoms with Crippen molar-refractivity contribution in [3.8, 4) is 22.7 Å². The van der Waals surface area contributed by atoms with Crippen molar-refractivity contribution in [2.75, 3.05) is 12.3 Å². The van der Waals surface area contributed by atoms with Gasteiger partial charge in [-0.1, -0.05) is 18.2 Å². The molecular formula is C28H24FN5O3S. The first-order valence-electron chi connectivity index (χ1n) is 12.2. The number of pyridine rings is 1. The molecule has 5 aromatic rings. The smallest absolute Gasteiger partial charge is 0.243 e. The molecular weight excluding hydrogens is 505 g/mol. The molecule has 1 amide bonds. The molecule has 0 fully saturated rings. The van der Waals surface area contributed by atoms with Crippen molar-refractivity contribution in [3.05, 3.63) is 90.8 Å². The molecule has 2 aromatic carbocycles. The van der Waals surface area contributed by atoms with Crippen LogP contribution in [0.3, 0.4) is 0 Å². The first kappa shape index (κ1) is 24.1. The summed E-state index contributed by atoms with van der Waals surface area (Å²) in [6.07, 6.45) is 5.60. The van der Waals surface area contributed by atoms with Gasteiger partial charge < -0.3 is 14.3 Å². The van der Waals surface area contributed by atoms with Crippen LogP contribution in [-0.4, -0.2) is 36.9 Å². The Kier molecular flexibility index (Phi) is 6.24. The number of hydrogen-bond donors (Lipinski definition) is 1. The zero-order valence-electron chi connectivity index (χ0n) is 20.3. The number of nitrogens with one attached hydrogen (secondary N) is 1. The van der Waals surface area contributed by atoms with E-state index in [1.807, 2.05) is 36.4 Å². The highest BCUT2D eigenvalue weighted by atomic mass is 32.2. The highest BCUT2D eigenvalue weighted by molar-refractivity contribution is 7.93. The number of nitrogens with zero attached hydrogens (tertiary/aromatic N) is 4. The van der Waals surface area contributed by atoms with E-state index in [2.05, 4.69) is 19.6 Å². The quantitative estimate of drug-likeness (QED) is 0.318. The number of aromatic nitrogens is 3. The molecule has 1 atom stereocenters. The van der Waals surface area contributed by atoms with Gasteiger partial charge in [-0.2, -0.15) is 0 Å². The van der Waals surface area contributed by atoms with Crippen LogP contribution in [0, 0.1) is 5.82 Å². The van der Waals surface area contributed by atoms with Crippen LogP contribution < -0.4 is 5.32 Å². The fourth-order valence-electron chi connectivity index (χ4n) is 4.62. The number of carbonyl (C=O) groups excluding carboxylic acids is 1. The maximum atomic E-state index is 13.8. The predicted octanol–water partition coefficient (Wildman–Crippen LogP) is 5.04. The molecule has 10 heteroatoms. The summed E-state index contributed by atoms with van der Waals surface area (Å²) in [6, 6.07) is 17.6. The minimum atomic E-state index is -2.26. The zero-order chi connectivity index (χ0) is 26.1. The minimum absolute atomic E-state index is 0.00670. The van der Waals surface area contributed by atoms with Gasteiger partial charge in [0.1, 0.15) is 24.3 Å². The van der Waals surface area contributed by atoms with Gasteiger partial charge in [0.15, 0.2) is 0 Å². The molecule has 0 radical (unpaired) electrons. The van der Waals surface area contributed by atoms with Gasteiger partial charge in [0.25, 0.3) is 0 Å². The Bertz CT molecular complexity index is 1740. The van der Waals surface area contributed by atoms with E-state index in [4.69, 9.17) is 4.42 Å². The lowest BCUT2D eigenvalue weighted by Crippen LogP contribution is -2.27. The molecule has 6 rings (SSSR count). The number of carbonyl (C=O) groups is 1. The monoisotopic (exact) mass is 529 g/mol. The van der Waals surface area contributed by atoms with Crippen molar-refractivity contribution in [1.29, 1.82) is 0 Å². The van der Waals surface area contributed by atoms with E-state index in [1.165, 1.54) is 24.6 Å². The predicted molar refractivity (Wildman–Crippen MR) is 142 cm³/mol. The third kappa shape index (κ3) is 4.70. The van der Waals surface area contributed by atoms with Gasteiger partial charge in [-0.05, 0) is 54.4 Å². The maximum absolute atomic E-state index is 13.8. The van der Waals surface area contributed by atoms with Crippen molar-refractivity contribution < 1.29 is 17.8 Å². The zero-order valence-corrected chi connectivity index (χ0v) is 21.2. The molecule has 1 aliphatic rings. The Balaban J connectivity index is 1.13. The summed E-state index contributed by atoms with van der Waals surface area (Å²) < 4.78 is 38.1. The average molecular weight is 530 g/mol. The summed E-state index contributed by atoms with van der Waals surface area (Å²) in [5.74, 6) is 0.383. The molecule has 8 nitrogen and oxygen atoms in total. The molecule has 0 spiro atoms. The van der Waals surface area contributed by atoms with Crippen molar-refractivity contribution in [2.24, 2.45) is 4.36 Å². The topological polar surface area (TPSA) is 102 Å². The first-order chi connectivity index (χ1) is 18.5. The lowest BCUT2D eigenvalue weighted by atomic mass is 10.1. The lowest BCUT2D eigenvalue weighted by Gasteiger charge is -2.10. The van der Waals surface area contributed by atoms with Crippen molar-refractivity contribution in [1.82, 2.24) is 19.9 Å². The summed E-state index contributed by atoms with van der Waals surface area (Å²) in [7, 11) is -2.26. The van der Waals surface area contributed by atoms with Gasteiger partial charge in [0.05, 0.1) is 28.2 Å². The fourth-order valence-corrected chi connectivity index (χ4v) is 6.64. The summed E-state index contributed by atoms with van der Waals surface area (Å²) in [4.78, 5) is 22.3. The van der Waals surface area contributed by atoms with E-state index in [1.54, 1.807) is 22.9 Å². The van der Waals surface area contributed by atoms with Crippen molar-refractivity contribution in [3.63, 3.8) is 0 Å². The van der Waals surface area contributed by atoms with E-state index < -0.39 is 9.73 Å². The summed E-state index contributed by atoms with van der Waals surface area (Å²) in [5, 5.41) is 3.55. The molecule has 1 N–H and O–H groups in total. The van der Waals surface area contributed by atoms with Gasteiger partial charge in [-0.15, -0.1) is 0 Å². The highest BCUT2D eigenvalue weighted by Crippen LogP contribution is 2.28. The van der Waals surface area contributed by atoms with Crippen LogP contribution in [0.15, 0.2) is 93.0 Å². The second-order valence-corrected chi connectivity index (χ2v) is 11.5. The third-order valence-corrected chi connectivity index (χ3v) is 8.99. The van der Waals surface area contributed by atoms with E-state index in [0.717, 1.165) is 22.4 Å². The third-order valence-electron chi connectivity index (χ3n) is 6.54. The van der Waals surface area contributed by atoms with Crippen LogP contribution in [0.25, 0.3) is 33.6 Å². The first-order valence-corrected chi connectivity index (χ1v) is 13.9. The second kappa shape index (κ2) is 9.86. The standard InChI is InChI=1S/C28H24FN5O3S/c29-22-5-9-25-21(14-22)15-26(28-30-11-12-37-28)34(25)18-27(35)32-17-23-6-2-20(16-31-23)19-3-7-24(8-4-19)38(36)13-1-10-33-38/h2-9,11-12,14-16H,1,10,13,17-18H2,(H,32,35). The molecule has 1 aliphatic heterocycles. The second-order valence-electron chi connectivity index (χ2n) is 9.05. The number of hydrogen-bond acceptors (Lipinski definition) is 6. The maximum Gasteiger partial charge on any atom is 0.243 e. The summed E-state index contributed by atoms with van der Waals surface area (Å²) in [6.45, 7) is 0.920. The van der Waals surface area contributed by atoms with Crippen LogP contribution in [0.1, 0.15) is 12.1 Å². The Morgan fingerprint density at radius 1 is 1.05 bits per heavy atom. The highest BCUT2D eigenvalue weighted by Gasteiger charge is 2.18. The summed E-state index contributed by atoms with van der Waals surface area (Å²) >= 11 is 0. The number of fused-ring (bicyclic) bond motifs is 1. The fraction of sp³-hybridized carbons (Fsp3) is 0.179. The summed E-state index contributed by atoms with van der Waals surface area (Å²) in [5.41, 5.74) is 3.89. The number of rotatable bonds is 7. The van der Waals surface area contributed by atoms with Crippen LogP contribution in [0.2, 0.25) is 0 Å². The van der Waals surface area contributed by atoms with Gasteiger partial charge in [0, 0.05) is 39.9 Å². The van der Waals surface area contributed by atoms with Crippen molar-refractivity contribution >= 4 is 26.5 Å². The minimum Gasteiger partial charge on any atom is -0.443 e. The number of amides is 1. The molecule has 1 unspecified atom stereocenters. The van der Waals surface area contributed by atoms with Crippen LogP contribution in [0.4, 0.5) is 4.39 Å². The van der Waals surface area contributed by atoms with Crippen LogP contribution in [-0.2, 0) is 27.6 Å². The molecule has 0 saturated carbocycles. The molecule has 38 heavy (non-hydrogen) atoms. The lowest BCUT2D eigenvalue weighted by molar-refractivity contribution is -0.121. The van der Waals surface area contributed by atoms with Gasteiger partial charge >= 0.3 is 0 Å². The van der Waals surface area contributed by atoms with E-state index >= 15 is 0 Å². The molecule has 3 aromatic heterocycles. The van der Waals surface area contributed by atoms with Gasteiger partial charge in [0.2, 0.25) is 11.8 Å². The van der Waals surface area contributed by atoms with E-state index in [9.17, 15) is 13.4 Å². The average Bonchev–Trinajstić information content (AvgIpc) is 3.69. The number of benzene rings is 2. The molecule has 0 bridgehead atoms. The Hall–Kier alpha value is -4.31. The molecule has 0 aliphatic carbocycles. The Labute approximate surface area is 218 Å². The van der Waals surface area contributed by atoms with Crippen molar-refractivity contribution in [2.45, 2.75) is 24.4 Å². The number of halogens is 1. The molecule has 0 saturated heterocycles. The molecule has 192 valence electrons. The van der Waals surface area contributed by atoms with E-state index in [0.29, 0.717) is 40.5 Å². The normalized spacial score (nSPS) is 17.0. The largest absolute Gasteiger partial charge is 0.443 e. The molecule has 4 heterocycles. The van der Waals surface area contributed by atoms with Gasteiger partial charge in [-0.25, -0.2) is 17.9 Å².